The van der Waals surface area contributed by atoms with Gasteiger partial charge in [0.25, 0.3) is 0 Å². The average molecular weight is 346 g/mol. The monoisotopic (exact) mass is 345 g/mol. The summed E-state index contributed by atoms with van der Waals surface area (Å²) < 4.78 is 10.8. The Morgan fingerprint density at radius 2 is 1.79 bits per heavy atom. The van der Waals surface area contributed by atoms with Crippen molar-refractivity contribution in [2.45, 2.75) is 0 Å². The quantitative estimate of drug-likeness (QED) is 0.714. The first-order chi connectivity index (χ1) is 11.6. The Kier molecular flexibility index (Phi) is 6.70. The van der Waals surface area contributed by atoms with Crippen molar-refractivity contribution in [1.82, 2.24) is 4.90 Å². The molecule has 0 bridgehead atoms. The minimum Gasteiger partial charge on any atom is -0.496 e. The molecule has 24 heavy (non-hydrogen) atoms. The van der Waals surface area contributed by atoms with Gasteiger partial charge in [-0.3, -0.25) is 4.79 Å². The number of benzene rings is 2. The fourth-order valence-electron chi connectivity index (χ4n) is 2.06. The van der Waals surface area contributed by atoms with Gasteiger partial charge in [0.2, 0.25) is 5.91 Å². The van der Waals surface area contributed by atoms with E-state index < -0.39 is 0 Å². The molecule has 0 aliphatic carbocycles. The lowest BCUT2D eigenvalue weighted by Gasteiger charge is -2.16. The topological polar surface area (TPSA) is 38.8 Å². The van der Waals surface area contributed by atoms with E-state index >= 15 is 0 Å². The molecule has 0 unspecified atom stereocenters. The second-order valence-corrected chi connectivity index (χ2v) is 5.52. The number of hydrogen-bond donors (Lipinski definition) is 0. The van der Waals surface area contributed by atoms with Gasteiger partial charge in [0.1, 0.15) is 18.1 Å². The molecule has 0 saturated carbocycles. The summed E-state index contributed by atoms with van der Waals surface area (Å²) in [5, 5.41) is 0.558. The van der Waals surface area contributed by atoms with Crippen LogP contribution in [0.5, 0.6) is 11.5 Å². The van der Waals surface area contributed by atoms with E-state index in [-0.39, 0.29) is 5.91 Å². The summed E-state index contributed by atoms with van der Waals surface area (Å²) in [5.74, 6) is 1.24. The van der Waals surface area contributed by atoms with Gasteiger partial charge in [-0.25, -0.2) is 0 Å². The normalized spacial score (nSPS) is 10.6. The number of amides is 1. The fraction of sp³-hybridized carbons (Fsp3) is 0.211. The fourth-order valence-corrected chi connectivity index (χ4v) is 2.25. The van der Waals surface area contributed by atoms with Gasteiger partial charge in [-0.15, -0.1) is 0 Å². The van der Waals surface area contributed by atoms with E-state index in [0.717, 1.165) is 11.3 Å². The Hall–Kier alpha value is -2.46. The van der Waals surface area contributed by atoms with Crippen molar-refractivity contribution in [3.05, 3.63) is 65.2 Å². The number of rotatable bonds is 7. The van der Waals surface area contributed by atoms with E-state index in [4.69, 9.17) is 21.1 Å². The summed E-state index contributed by atoms with van der Waals surface area (Å²) in [6.07, 6.45) is 3.26. The van der Waals surface area contributed by atoms with Crippen LogP contribution in [0.3, 0.4) is 0 Å². The van der Waals surface area contributed by atoms with Crippen LogP contribution in [0, 0.1) is 0 Å². The number of carbonyl (C=O) groups is 1. The average Bonchev–Trinajstić information content (AvgIpc) is 2.61. The molecule has 4 nitrogen and oxygen atoms in total. The number of methoxy groups -OCH3 is 1. The first-order valence-corrected chi connectivity index (χ1v) is 7.93. The Morgan fingerprint density at radius 1 is 1.12 bits per heavy atom. The van der Waals surface area contributed by atoms with Crippen LogP contribution in [0.15, 0.2) is 54.6 Å². The van der Waals surface area contributed by atoms with Gasteiger partial charge in [0.15, 0.2) is 0 Å². The Bertz CT molecular complexity index is 715. The molecule has 0 radical (unpaired) electrons. The lowest BCUT2D eigenvalue weighted by molar-refractivity contribution is -0.125. The first-order valence-electron chi connectivity index (χ1n) is 7.55. The molecule has 0 heterocycles. The molecule has 0 N–H and O–H groups in total. The highest BCUT2D eigenvalue weighted by Crippen LogP contribution is 2.23. The van der Waals surface area contributed by atoms with E-state index in [1.54, 1.807) is 37.3 Å². The van der Waals surface area contributed by atoms with Crippen molar-refractivity contribution in [1.29, 1.82) is 0 Å². The van der Waals surface area contributed by atoms with E-state index in [1.807, 2.05) is 36.4 Å². The van der Waals surface area contributed by atoms with Crippen molar-refractivity contribution >= 4 is 23.6 Å². The lowest BCUT2D eigenvalue weighted by atomic mass is 10.2. The maximum Gasteiger partial charge on any atom is 0.246 e. The van der Waals surface area contributed by atoms with Crippen LogP contribution in [0.2, 0.25) is 5.02 Å². The standard InChI is InChI=1S/C19H20ClNO3/c1-21(13-14-24-18-10-6-4-8-16(18)20)19(22)12-11-15-7-3-5-9-17(15)23-2/h3-12H,13-14H2,1-2H3/b12-11+. The van der Waals surface area contributed by atoms with Gasteiger partial charge in [0, 0.05) is 18.7 Å². The number of para-hydroxylation sites is 2. The summed E-state index contributed by atoms with van der Waals surface area (Å²) in [7, 11) is 3.33. The molecule has 0 atom stereocenters. The number of halogens is 1. The number of nitrogens with zero attached hydrogens (tertiary/aromatic N) is 1. The zero-order chi connectivity index (χ0) is 17.4. The highest BCUT2D eigenvalue weighted by atomic mass is 35.5. The van der Waals surface area contributed by atoms with Crippen molar-refractivity contribution < 1.29 is 14.3 Å². The second-order valence-electron chi connectivity index (χ2n) is 5.11. The molecule has 2 rings (SSSR count). The largest absolute Gasteiger partial charge is 0.496 e. The highest BCUT2D eigenvalue weighted by molar-refractivity contribution is 6.32. The zero-order valence-corrected chi connectivity index (χ0v) is 14.5. The number of hydrogen-bond acceptors (Lipinski definition) is 3. The predicted molar refractivity (Wildman–Crippen MR) is 96.6 cm³/mol. The summed E-state index contributed by atoms with van der Waals surface area (Å²) in [4.78, 5) is 13.7. The van der Waals surface area contributed by atoms with Gasteiger partial charge in [-0.05, 0) is 24.3 Å². The molecule has 2 aromatic rings. The third-order valence-electron chi connectivity index (χ3n) is 3.44. The van der Waals surface area contributed by atoms with Gasteiger partial charge in [0.05, 0.1) is 18.7 Å². The van der Waals surface area contributed by atoms with Crippen LogP contribution in [-0.4, -0.2) is 38.1 Å². The lowest BCUT2D eigenvalue weighted by Crippen LogP contribution is -2.29. The summed E-state index contributed by atoms with van der Waals surface area (Å²) >= 11 is 6.02. The Labute approximate surface area is 147 Å². The molecule has 0 aliphatic rings. The van der Waals surface area contributed by atoms with Crippen LogP contribution in [0.1, 0.15) is 5.56 Å². The minimum atomic E-state index is -0.108. The van der Waals surface area contributed by atoms with Gasteiger partial charge < -0.3 is 14.4 Å². The number of likely N-dealkylation sites (N-methyl/N-ethyl adjacent to an activating group) is 1. The van der Waals surface area contributed by atoms with Crippen LogP contribution in [0.4, 0.5) is 0 Å². The van der Waals surface area contributed by atoms with Gasteiger partial charge in [-0.1, -0.05) is 41.9 Å². The van der Waals surface area contributed by atoms with Crippen molar-refractivity contribution in [2.24, 2.45) is 0 Å². The van der Waals surface area contributed by atoms with Crippen LogP contribution >= 0.6 is 11.6 Å². The van der Waals surface area contributed by atoms with Crippen LogP contribution < -0.4 is 9.47 Å². The minimum absolute atomic E-state index is 0.108. The van der Waals surface area contributed by atoms with E-state index in [2.05, 4.69) is 0 Å². The van der Waals surface area contributed by atoms with Crippen molar-refractivity contribution in [2.75, 3.05) is 27.3 Å². The summed E-state index contributed by atoms with van der Waals surface area (Å²) in [6.45, 7) is 0.828. The van der Waals surface area contributed by atoms with E-state index in [9.17, 15) is 4.79 Å². The van der Waals surface area contributed by atoms with E-state index in [1.165, 1.54) is 6.08 Å². The van der Waals surface area contributed by atoms with Crippen molar-refractivity contribution in [3.63, 3.8) is 0 Å². The second kappa shape index (κ2) is 8.99. The molecule has 0 aliphatic heterocycles. The maximum absolute atomic E-state index is 12.1. The zero-order valence-electron chi connectivity index (χ0n) is 13.7. The van der Waals surface area contributed by atoms with Crippen LogP contribution in [-0.2, 0) is 4.79 Å². The third-order valence-corrected chi connectivity index (χ3v) is 3.75. The van der Waals surface area contributed by atoms with Crippen LogP contribution in [0.25, 0.3) is 6.08 Å². The molecule has 2 aromatic carbocycles. The smallest absolute Gasteiger partial charge is 0.246 e. The molecule has 0 spiro atoms. The molecule has 0 saturated heterocycles. The molecule has 1 amide bonds. The Balaban J connectivity index is 1.86. The molecular formula is C19H20ClNO3. The SMILES string of the molecule is COc1ccccc1/C=C/C(=O)N(C)CCOc1ccccc1Cl. The highest BCUT2D eigenvalue weighted by Gasteiger charge is 2.06. The molecular weight excluding hydrogens is 326 g/mol. The third kappa shape index (κ3) is 5.03. The first kappa shape index (κ1) is 17.9. The molecule has 5 heteroatoms. The van der Waals surface area contributed by atoms with E-state index in [0.29, 0.717) is 23.9 Å². The van der Waals surface area contributed by atoms with Crippen molar-refractivity contribution in [3.8, 4) is 11.5 Å². The molecule has 0 aromatic heterocycles. The molecule has 126 valence electrons. The number of carbonyl (C=O) groups excluding carboxylic acids is 1. The number of ether oxygens (including phenoxy) is 2. The summed E-state index contributed by atoms with van der Waals surface area (Å²) in [6, 6.07) is 14.8. The summed E-state index contributed by atoms with van der Waals surface area (Å²) in [5.41, 5.74) is 0.856. The molecule has 0 fully saturated rings. The Morgan fingerprint density at radius 3 is 2.50 bits per heavy atom. The van der Waals surface area contributed by atoms with Gasteiger partial charge in [-0.2, -0.15) is 0 Å². The predicted octanol–water partition coefficient (Wildman–Crippen LogP) is 3.90. The van der Waals surface area contributed by atoms with Gasteiger partial charge >= 0.3 is 0 Å². The maximum atomic E-state index is 12.1.